The third-order valence-corrected chi connectivity index (χ3v) is 4.03. The molecule has 3 rings (SSSR count). The van der Waals surface area contributed by atoms with Crippen LogP contribution in [0.4, 0.5) is 5.69 Å². The fourth-order valence-corrected chi connectivity index (χ4v) is 2.74. The molecule has 5 nitrogen and oxygen atoms in total. The summed E-state index contributed by atoms with van der Waals surface area (Å²) in [5.74, 6) is -0.293. The van der Waals surface area contributed by atoms with E-state index in [1.165, 1.54) is 0 Å². The lowest BCUT2D eigenvalue weighted by Gasteiger charge is -2.32. The monoisotopic (exact) mass is 309 g/mol. The molecule has 1 aromatic heterocycles. The Balaban J connectivity index is 1.72. The maximum absolute atomic E-state index is 12.7. The molecule has 118 valence electrons. The van der Waals surface area contributed by atoms with Crippen molar-refractivity contribution in [2.75, 3.05) is 11.4 Å². The summed E-state index contributed by atoms with van der Waals surface area (Å²) >= 11 is 0. The number of benzene rings is 1. The van der Waals surface area contributed by atoms with Crippen molar-refractivity contribution in [3.05, 3.63) is 59.9 Å². The van der Waals surface area contributed by atoms with Crippen molar-refractivity contribution in [3.8, 4) is 0 Å². The summed E-state index contributed by atoms with van der Waals surface area (Å²) in [7, 11) is 0. The van der Waals surface area contributed by atoms with Crippen LogP contribution in [0.25, 0.3) is 0 Å². The number of carbonyl (C=O) groups is 2. The molecule has 1 aliphatic rings. The number of hydrogen-bond donors (Lipinski definition) is 1. The van der Waals surface area contributed by atoms with E-state index in [0.717, 1.165) is 17.7 Å². The van der Waals surface area contributed by atoms with Crippen LogP contribution >= 0.6 is 0 Å². The van der Waals surface area contributed by atoms with Crippen molar-refractivity contribution < 1.29 is 9.59 Å². The zero-order valence-electron chi connectivity index (χ0n) is 13.0. The van der Waals surface area contributed by atoms with Crippen molar-refractivity contribution in [1.82, 2.24) is 10.3 Å². The molecule has 1 aromatic carbocycles. The SMILES string of the molecule is Cc1ccc(N2CCCC(NC(=O)c3ccncc3)C2=O)cc1. The Hall–Kier alpha value is -2.69. The highest BCUT2D eigenvalue weighted by Gasteiger charge is 2.30. The van der Waals surface area contributed by atoms with Gasteiger partial charge in [-0.15, -0.1) is 0 Å². The zero-order valence-corrected chi connectivity index (χ0v) is 13.0. The topological polar surface area (TPSA) is 62.3 Å². The van der Waals surface area contributed by atoms with Gasteiger partial charge in [-0.05, 0) is 44.0 Å². The zero-order chi connectivity index (χ0) is 16.2. The minimum atomic E-state index is -0.481. The Morgan fingerprint density at radius 2 is 1.87 bits per heavy atom. The summed E-state index contributed by atoms with van der Waals surface area (Å²) in [5.41, 5.74) is 2.55. The Morgan fingerprint density at radius 1 is 1.17 bits per heavy atom. The van der Waals surface area contributed by atoms with E-state index in [1.54, 1.807) is 29.4 Å². The third kappa shape index (κ3) is 3.39. The van der Waals surface area contributed by atoms with E-state index < -0.39 is 6.04 Å². The van der Waals surface area contributed by atoms with Gasteiger partial charge in [0.05, 0.1) is 0 Å². The molecule has 1 fully saturated rings. The van der Waals surface area contributed by atoms with E-state index >= 15 is 0 Å². The van der Waals surface area contributed by atoms with Gasteiger partial charge in [-0.25, -0.2) is 0 Å². The second-order valence-electron chi connectivity index (χ2n) is 5.73. The average Bonchev–Trinajstić information content (AvgIpc) is 2.58. The first kappa shape index (κ1) is 15.2. The molecule has 1 saturated heterocycles. The molecule has 1 N–H and O–H groups in total. The minimum absolute atomic E-state index is 0.0532. The molecule has 2 aromatic rings. The lowest BCUT2D eigenvalue weighted by Crippen LogP contribution is -2.52. The maximum Gasteiger partial charge on any atom is 0.252 e. The quantitative estimate of drug-likeness (QED) is 0.946. The standard InChI is InChI=1S/C18H19N3O2/c1-13-4-6-15(7-5-13)21-12-2-3-16(18(21)23)20-17(22)14-8-10-19-11-9-14/h4-11,16H,2-3,12H2,1H3,(H,20,22). The number of pyridine rings is 1. The minimum Gasteiger partial charge on any atom is -0.340 e. The number of hydrogen-bond acceptors (Lipinski definition) is 3. The molecule has 1 unspecified atom stereocenters. The van der Waals surface area contributed by atoms with Gasteiger partial charge in [0.25, 0.3) is 5.91 Å². The van der Waals surface area contributed by atoms with Gasteiger partial charge in [0.1, 0.15) is 6.04 Å². The largest absolute Gasteiger partial charge is 0.340 e. The van der Waals surface area contributed by atoms with E-state index in [0.29, 0.717) is 18.5 Å². The van der Waals surface area contributed by atoms with E-state index in [2.05, 4.69) is 10.3 Å². The highest BCUT2D eigenvalue weighted by atomic mass is 16.2. The van der Waals surface area contributed by atoms with Crippen LogP contribution in [0.3, 0.4) is 0 Å². The molecule has 1 aliphatic heterocycles. The van der Waals surface area contributed by atoms with Crippen molar-refractivity contribution in [2.45, 2.75) is 25.8 Å². The first-order valence-electron chi connectivity index (χ1n) is 7.74. The fraction of sp³-hybridized carbons (Fsp3) is 0.278. The van der Waals surface area contributed by atoms with Crippen LogP contribution in [0.15, 0.2) is 48.8 Å². The Morgan fingerprint density at radius 3 is 2.57 bits per heavy atom. The van der Waals surface area contributed by atoms with Gasteiger partial charge < -0.3 is 10.2 Å². The second kappa shape index (κ2) is 6.60. The van der Waals surface area contributed by atoms with Crippen molar-refractivity contribution in [1.29, 1.82) is 0 Å². The number of nitrogens with zero attached hydrogens (tertiary/aromatic N) is 2. The molecule has 2 amide bonds. The fourth-order valence-electron chi connectivity index (χ4n) is 2.74. The summed E-state index contributed by atoms with van der Waals surface area (Å²) in [6, 6.07) is 10.7. The number of amides is 2. The number of carbonyl (C=O) groups excluding carboxylic acids is 2. The molecule has 0 bridgehead atoms. The van der Waals surface area contributed by atoms with E-state index in [9.17, 15) is 9.59 Å². The molecule has 0 radical (unpaired) electrons. The Labute approximate surface area is 135 Å². The normalized spacial score (nSPS) is 17.9. The van der Waals surface area contributed by atoms with Crippen LogP contribution in [0.2, 0.25) is 0 Å². The summed E-state index contributed by atoms with van der Waals surface area (Å²) < 4.78 is 0. The highest BCUT2D eigenvalue weighted by molar-refractivity contribution is 6.02. The molecule has 2 heterocycles. The predicted molar refractivity (Wildman–Crippen MR) is 88.3 cm³/mol. The van der Waals surface area contributed by atoms with E-state index in [4.69, 9.17) is 0 Å². The molecular weight excluding hydrogens is 290 g/mol. The van der Waals surface area contributed by atoms with Crippen LogP contribution in [-0.4, -0.2) is 29.4 Å². The first-order valence-corrected chi connectivity index (χ1v) is 7.74. The maximum atomic E-state index is 12.7. The van der Waals surface area contributed by atoms with Crippen molar-refractivity contribution in [3.63, 3.8) is 0 Å². The number of aromatic nitrogens is 1. The van der Waals surface area contributed by atoms with Gasteiger partial charge in [-0.1, -0.05) is 17.7 Å². The van der Waals surface area contributed by atoms with E-state index in [-0.39, 0.29) is 11.8 Å². The molecule has 23 heavy (non-hydrogen) atoms. The molecule has 0 saturated carbocycles. The first-order chi connectivity index (χ1) is 11.1. The average molecular weight is 309 g/mol. The number of aryl methyl sites for hydroxylation is 1. The van der Waals surface area contributed by atoms with Crippen LogP contribution < -0.4 is 10.2 Å². The molecule has 1 atom stereocenters. The van der Waals surface area contributed by atoms with Gasteiger partial charge in [-0.2, -0.15) is 0 Å². The van der Waals surface area contributed by atoms with Gasteiger partial charge in [0, 0.05) is 30.2 Å². The van der Waals surface area contributed by atoms with Gasteiger partial charge in [0.15, 0.2) is 0 Å². The van der Waals surface area contributed by atoms with Crippen LogP contribution in [-0.2, 0) is 4.79 Å². The third-order valence-electron chi connectivity index (χ3n) is 4.03. The Bertz CT molecular complexity index is 698. The van der Waals surface area contributed by atoms with Gasteiger partial charge in [-0.3, -0.25) is 14.6 Å². The molecule has 5 heteroatoms. The molecule has 0 spiro atoms. The van der Waals surface area contributed by atoms with Gasteiger partial charge in [0.2, 0.25) is 5.91 Å². The number of anilines is 1. The van der Waals surface area contributed by atoms with Crippen molar-refractivity contribution >= 4 is 17.5 Å². The highest BCUT2D eigenvalue weighted by Crippen LogP contribution is 2.21. The van der Waals surface area contributed by atoms with Crippen molar-refractivity contribution in [2.24, 2.45) is 0 Å². The number of nitrogens with one attached hydrogen (secondary N) is 1. The van der Waals surface area contributed by atoms with E-state index in [1.807, 2.05) is 31.2 Å². The second-order valence-corrected chi connectivity index (χ2v) is 5.73. The number of piperidine rings is 1. The van der Waals surface area contributed by atoms with Crippen LogP contribution in [0, 0.1) is 6.92 Å². The summed E-state index contributed by atoms with van der Waals surface area (Å²) in [4.78, 5) is 30.6. The molecule has 0 aliphatic carbocycles. The summed E-state index contributed by atoms with van der Waals surface area (Å²) in [6.45, 7) is 2.70. The molecular formula is C18H19N3O2. The lowest BCUT2D eigenvalue weighted by molar-refractivity contribution is -0.121. The predicted octanol–water partition coefficient (Wildman–Crippen LogP) is 2.32. The Kier molecular flexibility index (Phi) is 4.37. The van der Waals surface area contributed by atoms with Crippen LogP contribution in [0.5, 0.6) is 0 Å². The van der Waals surface area contributed by atoms with Crippen LogP contribution in [0.1, 0.15) is 28.8 Å². The number of rotatable bonds is 3. The summed E-state index contributed by atoms with van der Waals surface area (Å²) in [5, 5.41) is 2.84. The smallest absolute Gasteiger partial charge is 0.252 e. The summed E-state index contributed by atoms with van der Waals surface area (Å²) in [6.07, 6.45) is 4.66. The lowest BCUT2D eigenvalue weighted by atomic mass is 10.0. The van der Waals surface area contributed by atoms with Gasteiger partial charge >= 0.3 is 0 Å².